The zero-order valence-electron chi connectivity index (χ0n) is 9.70. The summed E-state index contributed by atoms with van der Waals surface area (Å²) in [5.41, 5.74) is 6.23. The number of nitrogens with zero attached hydrogens (tertiary/aromatic N) is 1. The van der Waals surface area contributed by atoms with Crippen LogP contribution in [0.2, 0.25) is 5.02 Å². The van der Waals surface area contributed by atoms with Crippen molar-refractivity contribution in [2.45, 2.75) is 12.1 Å². The number of nitrogens with two attached hydrogens (primary N) is 1. The topological polar surface area (TPSA) is 38.5 Å². The molecule has 2 rings (SSSR count). The molecule has 2 atom stereocenters. The smallest absolute Gasteiger partial charge is 0.128 e. The summed E-state index contributed by atoms with van der Waals surface area (Å²) in [4.78, 5) is 2.05. The summed E-state index contributed by atoms with van der Waals surface area (Å²) in [5.74, 6) is -0.268. The second-order valence-electron chi connectivity index (χ2n) is 4.24. The van der Waals surface area contributed by atoms with E-state index in [1.165, 1.54) is 6.07 Å². The average Bonchev–Trinajstić information content (AvgIpc) is 2.32. The molecule has 1 heterocycles. The van der Waals surface area contributed by atoms with Crippen molar-refractivity contribution in [1.82, 2.24) is 4.90 Å². The van der Waals surface area contributed by atoms with Gasteiger partial charge in [-0.1, -0.05) is 11.6 Å². The van der Waals surface area contributed by atoms with Crippen LogP contribution < -0.4 is 5.73 Å². The van der Waals surface area contributed by atoms with Crippen LogP contribution in [0.15, 0.2) is 18.2 Å². The van der Waals surface area contributed by atoms with Crippen molar-refractivity contribution in [3.8, 4) is 0 Å². The molecule has 0 spiro atoms. The fourth-order valence-electron chi connectivity index (χ4n) is 2.24. The lowest BCUT2D eigenvalue weighted by Gasteiger charge is -2.39. The van der Waals surface area contributed by atoms with Crippen LogP contribution in [0.3, 0.4) is 0 Å². The first-order chi connectivity index (χ1) is 8.13. The highest BCUT2D eigenvalue weighted by Gasteiger charge is 2.32. The molecule has 0 aliphatic carbocycles. The van der Waals surface area contributed by atoms with E-state index in [1.807, 2.05) is 7.05 Å². The van der Waals surface area contributed by atoms with Gasteiger partial charge >= 0.3 is 0 Å². The highest BCUT2D eigenvalue weighted by molar-refractivity contribution is 6.30. The minimum Gasteiger partial charge on any atom is -0.374 e. The Labute approximate surface area is 105 Å². The van der Waals surface area contributed by atoms with E-state index in [-0.39, 0.29) is 18.0 Å². The van der Waals surface area contributed by atoms with Gasteiger partial charge in [-0.25, -0.2) is 4.39 Å². The van der Waals surface area contributed by atoms with E-state index in [0.717, 1.165) is 6.54 Å². The monoisotopic (exact) mass is 258 g/mol. The zero-order chi connectivity index (χ0) is 12.4. The van der Waals surface area contributed by atoms with E-state index >= 15 is 0 Å². The van der Waals surface area contributed by atoms with Gasteiger partial charge in [-0.2, -0.15) is 0 Å². The molecule has 1 fully saturated rings. The van der Waals surface area contributed by atoms with Crippen LogP contribution in [-0.2, 0) is 4.74 Å². The maximum absolute atomic E-state index is 13.9. The van der Waals surface area contributed by atoms with Gasteiger partial charge in [-0.3, -0.25) is 4.90 Å². The van der Waals surface area contributed by atoms with Crippen molar-refractivity contribution >= 4 is 11.6 Å². The van der Waals surface area contributed by atoms with Gasteiger partial charge in [0.05, 0.1) is 18.8 Å². The number of morpholine rings is 1. The molecule has 1 saturated heterocycles. The highest BCUT2D eigenvalue weighted by Crippen LogP contribution is 2.31. The average molecular weight is 259 g/mol. The van der Waals surface area contributed by atoms with E-state index in [4.69, 9.17) is 22.1 Å². The van der Waals surface area contributed by atoms with Crippen LogP contribution in [0.25, 0.3) is 0 Å². The van der Waals surface area contributed by atoms with Crippen molar-refractivity contribution in [2.24, 2.45) is 5.73 Å². The van der Waals surface area contributed by atoms with Crippen molar-refractivity contribution < 1.29 is 9.13 Å². The van der Waals surface area contributed by atoms with Crippen molar-refractivity contribution in [2.75, 3.05) is 26.7 Å². The second kappa shape index (κ2) is 5.31. The first kappa shape index (κ1) is 12.8. The van der Waals surface area contributed by atoms with Crippen LogP contribution in [-0.4, -0.2) is 37.7 Å². The van der Waals surface area contributed by atoms with Gasteiger partial charge in [0.1, 0.15) is 5.82 Å². The molecular formula is C12H16ClFN2O. The standard InChI is InChI=1S/C12H16ClFN2O/c1-16-4-5-17-11(7-15)12(16)9-6-8(13)2-3-10(9)14/h2-3,6,11-12H,4-5,7,15H2,1H3. The van der Waals surface area contributed by atoms with E-state index in [0.29, 0.717) is 23.7 Å². The van der Waals surface area contributed by atoms with Crippen molar-refractivity contribution in [1.29, 1.82) is 0 Å². The number of hydrogen-bond acceptors (Lipinski definition) is 3. The predicted octanol–water partition coefficient (Wildman–Crippen LogP) is 1.81. The summed E-state index contributed by atoms with van der Waals surface area (Å²) in [5, 5.41) is 0.524. The van der Waals surface area contributed by atoms with Gasteiger partial charge in [-0.15, -0.1) is 0 Å². The quantitative estimate of drug-likeness (QED) is 0.879. The zero-order valence-corrected chi connectivity index (χ0v) is 10.5. The number of hydrogen-bond donors (Lipinski definition) is 1. The molecule has 2 N–H and O–H groups in total. The molecule has 0 radical (unpaired) electrons. The molecule has 5 heteroatoms. The Bertz CT molecular complexity index is 402. The van der Waals surface area contributed by atoms with Crippen molar-refractivity contribution in [3.05, 3.63) is 34.6 Å². The Morgan fingerprint density at radius 3 is 3.06 bits per heavy atom. The fraction of sp³-hybridized carbons (Fsp3) is 0.500. The van der Waals surface area contributed by atoms with Crippen LogP contribution in [0.1, 0.15) is 11.6 Å². The number of halogens is 2. The normalized spacial score (nSPS) is 26.1. The van der Waals surface area contributed by atoms with Gasteiger partial charge in [-0.05, 0) is 25.2 Å². The van der Waals surface area contributed by atoms with E-state index in [1.54, 1.807) is 12.1 Å². The van der Waals surface area contributed by atoms with E-state index in [9.17, 15) is 4.39 Å². The van der Waals surface area contributed by atoms with Gasteiger partial charge in [0.2, 0.25) is 0 Å². The number of benzene rings is 1. The molecule has 17 heavy (non-hydrogen) atoms. The summed E-state index contributed by atoms with van der Waals surface area (Å²) in [7, 11) is 1.94. The third kappa shape index (κ3) is 2.60. The third-order valence-corrected chi connectivity index (χ3v) is 3.35. The number of ether oxygens (including phenoxy) is 1. The summed E-state index contributed by atoms with van der Waals surface area (Å²) < 4.78 is 19.4. The van der Waals surface area contributed by atoms with Gasteiger partial charge in [0.15, 0.2) is 0 Å². The molecule has 1 aliphatic rings. The van der Waals surface area contributed by atoms with Crippen LogP contribution in [0.4, 0.5) is 4.39 Å². The maximum Gasteiger partial charge on any atom is 0.128 e. The fourth-order valence-corrected chi connectivity index (χ4v) is 2.42. The molecule has 1 aliphatic heterocycles. The van der Waals surface area contributed by atoms with E-state index < -0.39 is 0 Å². The summed E-state index contributed by atoms with van der Waals surface area (Å²) in [6.45, 7) is 1.74. The number of likely N-dealkylation sites (N-methyl/N-ethyl adjacent to an activating group) is 1. The molecule has 0 saturated carbocycles. The van der Waals surface area contributed by atoms with Gasteiger partial charge < -0.3 is 10.5 Å². The molecule has 1 aromatic carbocycles. The molecule has 2 unspecified atom stereocenters. The SMILES string of the molecule is CN1CCOC(CN)C1c1cc(Cl)ccc1F. The molecule has 1 aromatic rings. The molecule has 94 valence electrons. The van der Waals surface area contributed by atoms with Crippen LogP contribution in [0.5, 0.6) is 0 Å². The summed E-state index contributed by atoms with van der Waals surface area (Å²) in [6.07, 6.45) is -0.193. The Morgan fingerprint density at radius 2 is 2.35 bits per heavy atom. The van der Waals surface area contributed by atoms with Crippen molar-refractivity contribution in [3.63, 3.8) is 0 Å². The molecule has 0 aromatic heterocycles. The lowest BCUT2D eigenvalue weighted by molar-refractivity contribution is -0.0586. The Kier molecular flexibility index (Phi) is 3.99. The Balaban J connectivity index is 2.37. The first-order valence-corrected chi connectivity index (χ1v) is 5.98. The summed E-state index contributed by atoms with van der Waals surface area (Å²) >= 11 is 5.92. The molecular weight excluding hydrogens is 243 g/mol. The minimum atomic E-state index is -0.268. The Morgan fingerprint density at radius 1 is 1.59 bits per heavy atom. The first-order valence-electron chi connectivity index (χ1n) is 5.60. The largest absolute Gasteiger partial charge is 0.374 e. The number of rotatable bonds is 2. The predicted molar refractivity (Wildman–Crippen MR) is 65.6 cm³/mol. The highest BCUT2D eigenvalue weighted by atomic mass is 35.5. The van der Waals surface area contributed by atoms with Gasteiger partial charge in [0, 0.05) is 23.7 Å². The van der Waals surface area contributed by atoms with Crippen LogP contribution >= 0.6 is 11.6 Å². The van der Waals surface area contributed by atoms with Gasteiger partial charge in [0.25, 0.3) is 0 Å². The molecule has 3 nitrogen and oxygen atoms in total. The third-order valence-electron chi connectivity index (χ3n) is 3.11. The molecule has 0 bridgehead atoms. The summed E-state index contributed by atoms with van der Waals surface area (Å²) in [6, 6.07) is 4.40. The second-order valence-corrected chi connectivity index (χ2v) is 4.67. The van der Waals surface area contributed by atoms with E-state index in [2.05, 4.69) is 4.90 Å². The minimum absolute atomic E-state index is 0.174. The Hall–Kier alpha value is -0.680. The lowest BCUT2D eigenvalue weighted by atomic mass is 9.98. The maximum atomic E-state index is 13.9. The van der Waals surface area contributed by atoms with Crippen LogP contribution in [0, 0.1) is 5.82 Å². The molecule has 0 amide bonds. The lowest BCUT2D eigenvalue weighted by Crippen LogP contribution is -2.46.